The zero-order valence-corrected chi connectivity index (χ0v) is 13.6. The van der Waals surface area contributed by atoms with Gasteiger partial charge in [0.15, 0.2) is 0 Å². The predicted octanol–water partition coefficient (Wildman–Crippen LogP) is 2.94. The summed E-state index contributed by atoms with van der Waals surface area (Å²) in [5, 5.41) is 4.17. The molecule has 0 saturated heterocycles. The number of nitrogens with zero attached hydrogens (tertiary/aromatic N) is 2. The molecule has 0 unspecified atom stereocenters. The second kappa shape index (κ2) is 8.04. The van der Waals surface area contributed by atoms with Crippen molar-refractivity contribution in [1.29, 1.82) is 0 Å². The van der Waals surface area contributed by atoms with Gasteiger partial charge in [-0.05, 0) is 25.5 Å². The molecule has 0 aliphatic heterocycles. The fourth-order valence-electron chi connectivity index (χ4n) is 2.07. The molecule has 1 aromatic carbocycles. The Morgan fingerprint density at radius 2 is 2.17 bits per heavy atom. The number of hydrogen-bond donors (Lipinski definition) is 0. The molecule has 0 aliphatic rings. The van der Waals surface area contributed by atoms with Crippen LogP contribution in [0.3, 0.4) is 0 Å². The van der Waals surface area contributed by atoms with E-state index in [1.165, 1.54) is 0 Å². The molecule has 0 N–H and O–H groups in total. The van der Waals surface area contributed by atoms with E-state index in [-0.39, 0.29) is 12.6 Å². The van der Waals surface area contributed by atoms with Gasteiger partial charge in [-0.1, -0.05) is 18.9 Å². The lowest BCUT2D eigenvalue weighted by Gasteiger charge is -2.12. The van der Waals surface area contributed by atoms with Gasteiger partial charge in [-0.3, -0.25) is 4.68 Å². The van der Waals surface area contributed by atoms with Crippen molar-refractivity contribution >= 4 is 5.97 Å². The third-order valence-electron chi connectivity index (χ3n) is 3.15. The predicted molar refractivity (Wildman–Crippen MR) is 87.1 cm³/mol. The zero-order valence-electron chi connectivity index (χ0n) is 13.6. The fourth-order valence-corrected chi connectivity index (χ4v) is 2.07. The number of rotatable bonds is 6. The van der Waals surface area contributed by atoms with Gasteiger partial charge in [0.05, 0.1) is 12.2 Å². The van der Waals surface area contributed by atoms with E-state index >= 15 is 0 Å². The Labute approximate surface area is 136 Å². The first kappa shape index (κ1) is 16.6. The highest BCUT2D eigenvalue weighted by molar-refractivity contribution is 5.91. The van der Waals surface area contributed by atoms with Crippen LogP contribution in [0, 0.1) is 11.8 Å². The zero-order chi connectivity index (χ0) is 16.7. The second-order valence-corrected chi connectivity index (χ2v) is 4.96. The van der Waals surface area contributed by atoms with E-state index in [2.05, 4.69) is 16.9 Å². The van der Waals surface area contributed by atoms with Gasteiger partial charge >= 0.3 is 5.97 Å². The van der Waals surface area contributed by atoms with Crippen molar-refractivity contribution in [3.05, 3.63) is 47.2 Å². The normalized spacial score (nSPS) is 9.87. The number of carbonyl (C=O) groups excluding carboxylic acids is 1. The maximum Gasteiger partial charge on any atom is 0.338 e. The Bertz CT molecular complexity index is 738. The lowest BCUT2D eigenvalue weighted by molar-refractivity contribution is 0.0502. The van der Waals surface area contributed by atoms with Crippen LogP contribution in [-0.2, 0) is 18.4 Å². The first-order chi connectivity index (χ1) is 11.2. The summed E-state index contributed by atoms with van der Waals surface area (Å²) >= 11 is 0. The summed E-state index contributed by atoms with van der Waals surface area (Å²) in [7, 11) is 1.82. The molecule has 2 rings (SSSR count). The first-order valence-electron chi connectivity index (χ1n) is 7.50. The highest BCUT2D eigenvalue weighted by atomic mass is 16.5. The molecule has 5 heteroatoms. The van der Waals surface area contributed by atoms with Crippen LogP contribution in [0.4, 0.5) is 0 Å². The number of benzene rings is 1. The molecule has 23 heavy (non-hydrogen) atoms. The molecule has 0 spiro atoms. The van der Waals surface area contributed by atoms with Crippen molar-refractivity contribution in [1.82, 2.24) is 9.78 Å². The minimum Gasteiger partial charge on any atom is -0.472 e. The molecule has 1 aromatic heterocycles. The van der Waals surface area contributed by atoms with Crippen LogP contribution in [0.25, 0.3) is 0 Å². The second-order valence-electron chi connectivity index (χ2n) is 4.96. The summed E-state index contributed by atoms with van der Waals surface area (Å²) in [6.45, 7) is 4.31. The molecule has 0 saturated carbocycles. The summed E-state index contributed by atoms with van der Waals surface area (Å²) < 4.78 is 12.6. The van der Waals surface area contributed by atoms with Crippen LogP contribution in [0.15, 0.2) is 30.5 Å². The molecular weight excluding hydrogens is 292 g/mol. The van der Waals surface area contributed by atoms with Crippen molar-refractivity contribution < 1.29 is 14.3 Å². The van der Waals surface area contributed by atoms with Gasteiger partial charge in [-0.2, -0.15) is 0 Å². The Morgan fingerprint density at radius 3 is 2.83 bits per heavy atom. The first-order valence-corrected chi connectivity index (χ1v) is 7.50. The lowest BCUT2D eigenvalue weighted by atomic mass is 10.0. The van der Waals surface area contributed by atoms with Gasteiger partial charge in [0.1, 0.15) is 6.61 Å². The quantitative estimate of drug-likeness (QED) is 0.608. The van der Waals surface area contributed by atoms with Crippen LogP contribution >= 0.6 is 0 Å². The van der Waals surface area contributed by atoms with E-state index in [1.807, 2.05) is 20.0 Å². The average Bonchev–Trinajstić information content (AvgIpc) is 2.97. The number of esters is 1. The standard InChI is InChI=1S/C18H20N2O3/c1-4-7-14-8-6-9-15(18(21)22-12-5-2)16(14)13-23-17-10-11-20(3)19-17/h6,8-11H,5,12-13H2,1-3H3. The topological polar surface area (TPSA) is 53.4 Å². The number of hydrogen-bond acceptors (Lipinski definition) is 4. The van der Waals surface area contributed by atoms with Crippen LogP contribution in [0.5, 0.6) is 5.88 Å². The Hall–Kier alpha value is -2.74. The third kappa shape index (κ3) is 4.36. The molecular formula is C18H20N2O3. The van der Waals surface area contributed by atoms with Crippen LogP contribution in [-0.4, -0.2) is 22.4 Å². The van der Waals surface area contributed by atoms with Gasteiger partial charge in [0, 0.05) is 30.4 Å². The molecule has 5 nitrogen and oxygen atoms in total. The number of ether oxygens (including phenoxy) is 2. The van der Waals surface area contributed by atoms with Crippen LogP contribution in [0.2, 0.25) is 0 Å². The van der Waals surface area contributed by atoms with E-state index in [4.69, 9.17) is 9.47 Å². The van der Waals surface area contributed by atoms with E-state index in [0.29, 0.717) is 23.6 Å². The van der Waals surface area contributed by atoms with Crippen molar-refractivity contribution in [2.24, 2.45) is 7.05 Å². The summed E-state index contributed by atoms with van der Waals surface area (Å²) in [6, 6.07) is 7.16. The molecule has 2 aromatic rings. The van der Waals surface area contributed by atoms with E-state index in [1.54, 1.807) is 36.0 Å². The monoisotopic (exact) mass is 312 g/mol. The van der Waals surface area contributed by atoms with Crippen molar-refractivity contribution in [3.63, 3.8) is 0 Å². The summed E-state index contributed by atoms with van der Waals surface area (Å²) in [6.07, 6.45) is 2.57. The van der Waals surface area contributed by atoms with Gasteiger partial charge in [-0.25, -0.2) is 4.79 Å². The molecule has 0 amide bonds. The molecule has 0 radical (unpaired) electrons. The molecule has 0 aliphatic carbocycles. The Kier molecular flexibility index (Phi) is 5.81. The van der Waals surface area contributed by atoms with E-state index in [9.17, 15) is 4.79 Å². The minimum absolute atomic E-state index is 0.207. The Morgan fingerprint density at radius 1 is 1.35 bits per heavy atom. The Balaban J connectivity index is 2.28. The van der Waals surface area contributed by atoms with Crippen molar-refractivity contribution in [2.75, 3.05) is 6.61 Å². The maximum absolute atomic E-state index is 12.3. The molecule has 0 atom stereocenters. The lowest BCUT2D eigenvalue weighted by Crippen LogP contribution is -2.12. The molecule has 1 heterocycles. The maximum atomic E-state index is 12.3. The molecule has 0 fully saturated rings. The average molecular weight is 312 g/mol. The smallest absolute Gasteiger partial charge is 0.338 e. The SMILES string of the molecule is CC#Cc1cccc(C(=O)OCCC)c1COc1ccn(C)n1. The minimum atomic E-state index is -0.355. The summed E-state index contributed by atoms with van der Waals surface area (Å²) in [4.78, 5) is 12.3. The van der Waals surface area contributed by atoms with Crippen molar-refractivity contribution in [2.45, 2.75) is 26.9 Å². The number of aromatic nitrogens is 2. The van der Waals surface area contributed by atoms with E-state index < -0.39 is 0 Å². The van der Waals surface area contributed by atoms with Crippen LogP contribution < -0.4 is 4.74 Å². The van der Waals surface area contributed by atoms with Crippen molar-refractivity contribution in [3.8, 4) is 17.7 Å². The largest absolute Gasteiger partial charge is 0.472 e. The van der Waals surface area contributed by atoms with Gasteiger partial charge < -0.3 is 9.47 Å². The fraction of sp³-hybridized carbons (Fsp3) is 0.333. The number of aryl methyl sites for hydroxylation is 1. The summed E-state index contributed by atoms with van der Waals surface area (Å²) in [5.41, 5.74) is 1.96. The highest BCUT2D eigenvalue weighted by Crippen LogP contribution is 2.18. The molecule has 120 valence electrons. The van der Waals surface area contributed by atoms with Gasteiger partial charge in [0.2, 0.25) is 5.88 Å². The van der Waals surface area contributed by atoms with Gasteiger partial charge in [-0.15, -0.1) is 11.0 Å². The highest BCUT2D eigenvalue weighted by Gasteiger charge is 2.16. The van der Waals surface area contributed by atoms with Crippen LogP contribution in [0.1, 0.15) is 41.8 Å². The third-order valence-corrected chi connectivity index (χ3v) is 3.15. The summed E-state index contributed by atoms with van der Waals surface area (Å²) in [5.74, 6) is 6.01. The van der Waals surface area contributed by atoms with Gasteiger partial charge in [0.25, 0.3) is 0 Å². The van der Waals surface area contributed by atoms with E-state index in [0.717, 1.165) is 12.0 Å². The molecule has 0 bridgehead atoms. The number of carbonyl (C=O) groups is 1.